The van der Waals surface area contributed by atoms with Crippen molar-refractivity contribution in [2.75, 3.05) is 32.8 Å². The summed E-state index contributed by atoms with van der Waals surface area (Å²) in [6, 6.07) is 13.1. The first-order chi connectivity index (χ1) is 12.3. The van der Waals surface area contributed by atoms with Gasteiger partial charge in [0.2, 0.25) is 0 Å². The van der Waals surface area contributed by atoms with Gasteiger partial charge in [0.25, 0.3) is 0 Å². The number of fused-ring (bicyclic) bond motifs is 1. The van der Waals surface area contributed by atoms with Crippen LogP contribution in [-0.2, 0) is 6.54 Å². The summed E-state index contributed by atoms with van der Waals surface area (Å²) in [6.45, 7) is 4.78. The van der Waals surface area contributed by atoms with Crippen molar-refractivity contribution in [1.82, 2.24) is 10.2 Å². The molecule has 2 aromatic carbocycles. The molecule has 1 N–H and O–H groups in total. The summed E-state index contributed by atoms with van der Waals surface area (Å²) >= 11 is 0. The number of nitrogens with one attached hydrogen (secondary N) is 1. The van der Waals surface area contributed by atoms with E-state index in [4.69, 9.17) is 9.47 Å². The third-order valence-corrected chi connectivity index (χ3v) is 4.81. The Morgan fingerprint density at radius 1 is 1.12 bits per heavy atom. The van der Waals surface area contributed by atoms with Gasteiger partial charge >= 0.3 is 0 Å². The van der Waals surface area contributed by atoms with Crippen molar-refractivity contribution in [2.24, 2.45) is 0 Å². The van der Waals surface area contributed by atoms with Crippen LogP contribution in [0.25, 0.3) is 0 Å². The second-order valence-electron chi connectivity index (χ2n) is 6.54. The summed E-state index contributed by atoms with van der Waals surface area (Å²) in [4.78, 5) is 2.38. The fourth-order valence-electron chi connectivity index (χ4n) is 3.58. The highest BCUT2D eigenvalue weighted by atomic mass is 35.5. The fraction of sp³-hybridized carbons (Fsp3) is 0.400. The number of nitrogens with zero attached hydrogens (tertiary/aromatic N) is 1. The van der Waals surface area contributed by atoms with E-state index in [1.165, 1.54) is 6.07 Å². The van der Waals surface area contributed by atoms with Crippen molar-refractivity contribution >= 4 is 12.4 Å². The van der Waals surface area contributed by atoms with Crippen LogP contribution in [0.2, 0.25) is 0 Å². The summed E-state index contributed by atoms with van der Waals surface area (Å²) < 4.78 is 25.4. The van der Waals surface area contributed by atoms with Gasteiger partial charge in [-0.15, -0.1) is 12.4 Å². The predicted molar refractivity (Wildman–Crippen MR) is 102 cm³/mol. The lowest BCUT2D eigenvalue weighted by molar-refractivity contribution is 0.151. The van der Waals surface area contributed by atoms with Crippen molar-refractivity contribution in [1.29, 1.82) is 0 Å². The Balaban J connectivity index is 0.00000196. The van der Waals surface area contributed by atoms with Crippen LogP contribution in [0, 0.1) is 5.82 Å². The predicted octanol–water partition coefficient (Wildman–Crippen LogP) is 3.56. The minimum Gasteiger partial charge on any atom is -0.490 e. The number of halogens is 2. The molecule has 26 heavy (non-hydrogen) atoms. The molecule has 1 unspecified atom stereocenters. The lowest BCUT2D eigenvalue weighted by Gasteiger charge is -2.37. The lowest BCUT2D eigenvalue weighted by Crippen LogP contribution is -2.45. The van der Waals surface area contributed by atoms with Crippen molar-refractivity contribution in [3.8, 4) is 11.5 Å². The summed E-state index contributed by atoms with van der Waals surface area (Å²) in [5.74, 6) is 1.50. The molecule has 4 rings (SSSR count). The second-order valence-corrected chi connectivity index (χ2v) is 6.54. The molecular formula is C20H24ClFN2O2. The molecule has 0 amide bonds. The molecule has 0 radical (unpaired) electrons. The van der Waals surface area contributed by atoms with Crippen LogP contribution in [0.3, 0.4) is 0 Å². The maximum Gasteiger partial charge on any atom is 0.165 e. The average molecular weight is 379 g/mol. The van der Waals surface area contributed by atoms with Crippen molar-refractivity contribution in [3.63, 3.8) is 0 Å². The summed E-state index contributed by atoms with van der Waals surface area (Å²) in [5, 5.41) is 3.42. The zero-order valence-electron chi connectivity index (χ0n) is 14.6. The highest BCUT2D eigenvalue weighted by Crippen LogP contribution is 2.35. The van der Waals surface area contributed by atoms with E-state index >= 15 is 0 Å². The SMILES string of the molecule is Cl.Fc1cccc(C2CNCCN2Cc2cccc3c2OCCCO3)c1. The van der Waals surface area contributed by atoms with Gasteiger partial charge in [0.15, 0.2) is 11.5 Å². The van der Waals surface area contributed by atoms with Gasteiger partial charge in [0.1, 0.15) is 5.82 Å². The van der Waals surface area contributed by atoms with E-state index in [2.05, 4.69) is 16.3 Å². The first-order valence-corrected chi connectivity index (χ1v) is 8.89. The standard InChI is InChI=1S/C20H23FN2O2.ClH/c21-17-6-1-4-15(12-17)18-13-22-8-9-23(18)14-16-5-2-7-19-20(16)25-11-3-10-24-19;/h1-2,4-7,12,18,22H,3,8-11,13-14H2;1H. The number of hydrogen-bond acceptors (Lipinski definition) is 4. The third-order valence-electron chi connectivity index (χ3n) is 4.81. The fourth-order valence-corrected chi connectivity index (χ4v) is 3.58. The topological polar surface area (TPSA) is 33.7 Å². The van der Waals surface area contributed by atoms with E-state index < -0.39 is 0 Å². The van der Waals surface area contributed by atoms with Gasteiger partial charge in [-0.05, 0) is 23.8 Å². The molecule has 6 heteroatoms. The van der Waals surface area contributed by atoms with Crippen LogP contribution in [0.5, 0.6) is 11.5 Å². The van der Waals surface area contributed by atoms with E-state index in [-0.39, 0.29) is 24.3 Å². The maximum atomic E-state index is 13.7. The Kier molecular flexibility index (Phi) is 6.35. The molecule has 4 nitrogen and oxygen atoms in total. The molecule has 0 aromatic heterocycles. The number of para-hydroxylation sites is 1. The van der Waals surface area contributed by atoms with E-state index in [9.17, 15) is 4.39 Å². The van der Waals surface area contributed by atoms with Gasteiger partial charge in [0.05, 0.1) is 13.2 Å². The molecule has 0 aliphatic carbocycles. The van der Waals surface area contributed by atoms with Crippen molar-refractivity contribution in [2.45, 2.75) is 19.0 Å². The van der Waals surface area contributed by atoms with Crippen LogP contribution in [0.1, 0.15) is 23.6 Å². The average Bonchev–Trinajstić information content (AvgIpc) is 2.88. The van der Waals surface area contributed by atoms with Gasteiger partial charge in [-0.25, -0.2) is 4.39 Å². The summed E-state index contributed by atoms with van der Waals surface area (Å²) in [7, 11) is 0. The zero-order valence-corrected chi connectivity index (χ0v) is 15.4. The largest absolute Gasteiger partial charge is 0.490 e. The van der Waals surface area contributed by atoms with Crippen LogP contribution in [-0.4, -0.2) is 37.7 Å². The number of ether oxygens (including phenoxy) is 2. The maximum absolute atomic E-state index is 13.7. The minimum absolute atomic E-state index is 0. The molecule has 0 spiro atoms. The molecular weight excluding hydrogens is 355 g/mol. The number of piperazine rings is 1. The normalized spacial score (nSPS) is 20.1. The molecule has 2 aromatic rings. The Morgan fingerprint density at radius 2 is 1.96 bits per heavy atom. The smallest absolute Gasteiger partial charge is 0.165 e. The van der Waals surface area contributed by atoms with Gasteiger partial charge < -0.3 is 14.8 Å². The molecule has 1 fully saturated rings. The van der Waals surface area contributed by atoms with Crippen LogP contribution in [0.15, 0.2) is 42.5 Å². The zero-order chi connectivity index (χ0) is 17.1. The first-order valence-electron chi connectivity index (χ1n) is 8.89. The van der Waals surface area contributed by atoms with Crippen LogP contribution < -0.4 is 14.8 Å². The third kappa shape index (κ3) is 4.11. The van der Waals surface area contributed by atoms with Crippen LogP contribution in [0.4, 0.5) is 4.39 Å². The molecule has 140 valence electrons. The number of rotatable bonds is 3. The molecule has 1 atom stereocenters. The van der Waals surface area contributed by atoms with Gasteiger partial charge in [-0.1, -0.05) is 24.3 Å². The molecule has 0 bridgehead atoms. The summed E-state index contributed by atoms with van der Waals surface area (Å²) in [6.07, 6.45) is 0.896. The monoisotopic (exact) mass is 378 g/mol. The molecule has 2 aliphatic rings. The number of hydrogen-bond donors (Lipinski definition) is 1. The lowest BCUT2D eigenvalue weighted by atomic mass is 10.0. The van der Waals surface area contributed by atoms with Crippen LogP contribution >= 0.6 is 12.4 Å². The molecule has 1 saturated heterocycles. The first kappa shape index (κ1) is 19.0. The Bertz CT molecular complexity index is 744. The van der Waals surface area contributed by atoms with Gasteiger partial charge in [-0.2, -0.15) is 0 Å². The van der Waals surface area contributed by atoms with Gasteiger partial charge in [-0.3, -0.25) is 4.90 Å². The highest BCUT2D eigenvalue weighted by molar-refractivity contribution is 5.85. The Hall–Kier alpha value is -1.82. The Morgan fingerprint density at radius 3 is 2.85 bits per heavy atom. The Labute approximate surface area is 159 Å². The molecule has 2 aliphatic heterocycles. The van der Waals surface area contributed by atoms with E-state index in [0.717, 1.165) is 55.2 Å². The quantitative estimate of drug-likeness (QED) is 0.885. The van der Waals surface area contributed by atoms with E-state index in [0.29, 0.717) is 13.2 Å². The summed E-state index contributed by atoms with van der Waals surface area (Å²) in [5.41, 5.74) is 2.13. The van der Waals surface area contributed by atoms with E-state index in [1.54, 1.807) is 12.1 Å². The molecule has 2 heterocycles. The molecule has 0 saturated carbocycles. The van der Waals surface area contributed by atoms with E-state index in [1.807, 2.05) is 18.2 Å². The minimum atomic E-state index is -0.187. The van der Waals surface area contributed by atoms with Crippen molar-refractivity contribution in [3.05, 3.63) is 59.4 Å². The highest BCUT2D eigenvalue weighted by Gasteiger charge is 2.26. The number of benzene rings is 2. The van der Waals surface area contributed by atoms with Crippen molar-refractivity contribution < 1.29 is 13.9 Å². The second kappa shape index (κ2) is 8.71. The van der Waals surface area contributed by atoms with Gasteiger partial charge in [0, 0.05) is 44.2 Å².